The molecule has 0 radical (unpaired) electrons. The molecule has 0 aliphatic rings. The number of hydroxylamine groups is 1. The van der Waals surface area contributed by atoms with Crippen LogP contribution < -0.4 is 5.48 Å². The number of amides is 1. The molecule has 3 rings (SSSR count). The first-order valence-electron chi connectivity index (χ1n) is 7.10. The summed E-state index contributed by atoms with van der Waals surface area (Å²) in [5.74, 6) is -0.211. The minimum absolute atomic E-state index is 0.190. The molecule has 112 valence electrons. The van der Waals surface area contributed by atoms with Gasteiger partial charge >= 0.3 is 0 Å². The molecule has 2 heterocycles. The Hall–Kier alpha value is -2.66. The third-order valence-corrected chi connectivity index (χ3v) is 3.34. The molecule has 0 fully saturated rings. The zero-order valence-corrected chi connectivity index (χ0v) is 12.3. The quantitative estimate of drug-likeness (QED) is 0.736. The summed E-state index contributed by atoms with van der Waals surface area (Å²) >= 11 is 0. The second-order valence-corrected chi connectivity index (χ2v) is 5.13. The maximum Gasteiger partial charge on any atom is 0.249 e. The van der Waals surface area contributed by atoms with Crippen molar-refractivity contribution in [1.29, 1.82) is 0 Å². The summed E-state index contributed by atoms with van der Waals surface area (Å²) in [6.07, 6.45) is 3.97. The van der Waals surface area contributed by atoms with Crippen LogP contribution in [0.3, 0.4) is 0 Å². The molecule has 5 heteroatoms. The average Bonchev–Trinajstić information content (AvgIpc) is 2.92. The van der Waals surface area contributed by atoms with Gasteiger partial charge in [-0.1, -0.05) is 36.4 Å². The number of fused-ring (bicyclic) bond motifs is 1. The highest BCUT2D eigenvalue weighted by molar-refractivity contribution is 5.77. The van der Waals surface area contributed by atoms with Crippen LogP contribution in [-0.2, 0) is 22.7 Å². The van der Waals surface area contributed by atoms with Crippen LogP contribution in [0.5, 0.6) is 0 Å². The van der Waals surface area contributed by atoms with E-state index in [1.807, 2.05) is 66.2 Å². The van der Waals surface area contributed by atoms with Crippen LogP contribution in [0.2, 0.25) is 0 Å². The molecule has 0 bridgehead atoms. The van der Waals surface area contributed by atoms with Crippen LogP contribution in [0.4, 0.5) is 0 Å². The number of imidazole rings is 1. The number of hydrogen-bond donors (Lipinski definition) is 1. The van der Waals surface area contributed by atoms with Crippen LogP contribution in [0.15, 0.2) is 54.9 Å². The lowest BCUT2D eigenvalue weighted by molar-refractivity contribution is -0.133. The van der Waals surface area contributed by atoms with Crippen molar-refractivity contribution in [3.8, 4) is 0 Å². The Morgan fingerprint density at radius 1 is 1.23 bits per heavy atom. The van der Waals surface area contributed by atoms with E-state index in [0.717, 1.165) is 22.5 Å². The minimum atomic E-state index is -0.211. The van der Waals surface area contributed by atoms with Gasteiger partial charge in [0.05, 0.1) is 18.7 Å². The van der Waals surface area contributed by atoms with Crippen molar-refractivity contribution in [2.24, 2.45) is 0 Å². The lowest BCUT2D eigenvalue weighted by atomic mass is 10.2. The van der Waals surface area contributed by atoms with Crippen molar-refractivity contribution in [2.45, 2.75) is 20.0 Å². The van der Waals surface area contributed by atoms with Gasteiger partial charge in [0, 0.05) is 12.4 Å². The monoisotopic (exact) mass is 295 g/mol. The van der Waals surface area contributed by atoms with Crippen molar-refractivity contribution < 1.29 is 9.63 Å². The SMILES string of the molecule is Cc1cccn2cc(CC(=O)NOCc3ccccc3)nc12. The highest BCUT2D eigenvalue weighted by atomic mass is 16.6. The first kappa shape index (κ1) is 14.3. The lowest BCUT2D eigenvalue weighted by Crippen LogP contribution is -2.25. The zero-order valence-electron chi connectivity index (χ0n) is 12.3. The lowest BCUT2D eigenvalue weighted by Gasteiger charge is -2.04. The molecule has 5 nitrogen and oxygen atoms in total. The van der Waals surface area contributed by atoms with Crippen LogP contribution in [0.1, 0.15) is 16.8 Å². The Morgan fingerprint density at radius 2 is 2.05 bits per heavy atom. The molecule has 0 aliphatic heterocycles. The molecule has 0 saturated carbocycles. The summed E-state index contributed by atoms with van der Waals surface area (Å²) in [5, 5.41) is 0. The molecule has 0 aliphatic carbocycles. The zero-order chi connectivity index (χ0) is 15.4. The molecule has 0 saturated heterocycles. The summed E-state index contributed by atoms with van der Waals surface area (Å²) in [6.45, 7) is 2.34. The Morgan fingerprint density at radius 3 is 2.82 bits per heavy atom. The van der Waals surface area contributed by atoms with E-state index in [9.17, 15) is 4.79 Å². The van der Waals surface area contributed by atoms with Crippen molar-refractivity contribution in [3.63, 3.8) is 0 Å². The van der Waals surface area contributed by atoms with Crippen LogP contribution >= 0.6 is 0 Å². The van der Waals surface area contributed by atoms with Gasteiger partial charge in [0.1, 0.15) is 5.65 Å². The number of carbonyl (C=O) groups is 1. The number of nitrogens with zero attached hydrogens (tertiary/aromatic N) is 2. The first-order valence-corrected chi connectivity index (χ1v) is 7.10. The number of rotatable bonds is 5. The molecular weight excluding hydrogens is 278 g/mol. The highest BCUT2D eigenvalue weighted by Crippen LogP contribution is 2.10. The van der Waals surface area contributed by atoms with E-state index in [2.05, 4.69) is 10.5 Å². The number of benzene rings is 1. The Kier molecular flexibility index (Phi) is 4.16. The standard InChI is InChI=1S/C17H17N3O2/c1-13-6-5-9-20-11-15(18-17(13)20)10-16(21)19-22-12-14-7-3-2-4-8-14/h2-9,11H,10,12H2,1H3,(H,19,21). The number of aromatic nitrogens is 2. The van der Waals surface area contributed by atoms with Gasteiger partial charge in [-0.25, -0.2) is 10.5 Å². The van der Waals surface area contributed by atoms with Gasteiger partial charge in [-0.3, -0.25) is 9.63 Å². The fraction of sp³-hybridized carbons (Fsp3) is 0.176. The topological polar surface area (TPSA) is 55.6 Å². The van der Waals surface area contributed by atoms with Crippen molar-refractivity contribution in [1.82, 2.24) is 14.9 Å². The van der Waals surface area contributed by atoms with Crippen molar-refractivity contribution in [3.05, 3.63) is 71.7 Å². The van der Waals surface area contributed by atoms with E-state index in [1.54, 1.807) is 0 Å². The second kappa shape index (κ2) is 6.41. The third kappa shape index (κ3) is 3.32. The molecule has 1 aromatic carbocycles. The highest BCUT2D eigenvalue weighted by Gasteiger charge is 2.08. The van der Waals surface area contributed by atoms with E-state index < -0.39 is 0 Å². The number of pyridine rings is 1. The van der Waals surface area contributed by atoms with Gasteiger partial charge in [-0.2, -0.15) is 0 Å². The average molecular weight is 295 g/mol. The van der Waals surface area contributed by atoms with Gasteiger partial charge < -0.3 is 4.40 Å². The van der Waals surface area contributed by atoms with Gasteiger partial charge in [-0.15, -0.1) is 0 Å². The van der Waals surface area contributed by atoms with E-state index in [0.29, 0.717) is 6.61 Å². The van der Waals surface area contributed by atoms with E-state index in [1.165, 1.54) is 0 Å². The Bertz CT molecular complexity index is 781. The maximum absolute atomic E-state index is 11.9. The van der Waals surface area contributed by atoms with Gasteiger partial charge in [0.25, 0.3) is 0 Å². The summed E-state index contributed by atoms with van der Waals surface area (Å²) < 4.78 is 1.92. The maximum atomic E-state index is 11.9. The van der Waals surface area contributed by atoms with E-state index in [-0.39, 0.29) is 12.3 Å². The summed E-state index contributed by atoms with van der Waals surface area (Å²) in [6, 6.07) is 13.6. The second-order valence-electron chi connectivity index (χ2n) is 5.13. The van der Waals surface area contributed by atoms with Gasteiger partial charge in [0.2, 0.25) is 5.91 Å². The summed E-state index contributed by atoms with van der Waals surface area (Å²) in [5.41, 5.74) is 6.12. The molecule has 1 N–H and O–H groups in total. The molecule has 0 unspecified atom stereocenters. The minimum Gasteiger partial charge on any atom is -0.307 e. The number of hydrogen-bond acceptors (Lipinski definition) is 3. The molecule has 22 heavy (non-hydrogen) atoms. The molecule has 0 spiro atoms. The normalized spacial score (nSPS) is 10.8. The summed E-state index contributed by atoms with van der Waals surface area (Å²) in [4.78, 5) is 21.6. The third-order valence-electron chi connectivity index (χ3n) is 3.34. The number of nitrogens with one attached hydrogen (secondary N) is 1. The first-order chi connectivity index (χ1) is 10.7. The predicted octanol–water partition coefficient (Wildman–Crippen LogP) is 2.43. The fourth-order valence-electron chi connectivity index (χ4n) is 2.26. The Balaban J connectivity index is 1.55. The van der Waals surface area contributed by atoms with E-state index >= 15 is 0 Å². The fourth-order valence-corrected chi connectivity index (χ4v) is 2.26. The van der Waals surface area contributed by atoms with Crippen LogP contribution in [0, 0.1) is 6.92 Å². The molecule has 2 aromatic heterocycles. The van der Waals surface area contributed by atoms with Crippen molar-refractivity contribution >= 4 is 11.6 Å². The van der Waals surface area contributed by atoms with Crippen LogP contribution in [-0.4, -0.2) is 15.3 Å². The smallest absolute Gasteiger partial charge is 0.249 e. The van der Waals surface area contributed by atoms with Crippen LogP contribution in [0.25, 0.3) is 5.65 Å². The summed E-state index contributed by atoms with van der Waals surface area (Å²) in [7, 11) is 0. The molecular formula is C17H17N3O2. The molecule has 0 atom stereocenters. The number of aryl methyl sites for hydroxylation is 1. The van der Waals surface area contributed by atoms with Crippen molar-refractivity contribution in [2.75, 3.05) is 0 Å². The predicted molar refractivity (Wildman–Crippen MR) is 83.0 cm³/mol. The Labute approximate surface area is 128 Å². The molecule has 1 amide bonds. The van der Waals surface area contributed by atoms with E-state index in [4.69, 9.17) is 4.84 Å². The van der Waals surface area contributed by atoms with Gasteiger partial charge in [-0.05, 0) is 24.1 Å². The molecule has 3 aromatic rings. The largest absolute Gasteiger partial charge is 0.307 e. The van der Waals surface area contributed by atoms with Gasteiger partial charge in [0.15, 0.2) is 0 Å². The number of carbonyl (C=O) groups excluding carboxylic acids is 1.